The lowest BCUT2D eigenvalue weighted by atomic mass is 10.1. The quantitative estimate of drug-likeness (QED) is 0.589. The van der Waals surface area contributed by atoms with E-state index < -0.39 is 17.2 Å². The molecular weight excluding hydrogens is 448 g/mol. The maximum Gasteiger partial charge on any atom is 0.330 e. The second-order valence-electron chi connectivity index (χ2n) is 8.25. The van der Waals surface area contributed by atoms with Crippen LogP contribution in [0.4, 0.5) is 5.69 Å². The second-order valence-corrected chi connectivity index (χ2v) is 9.10. The van der Waals surface area contributed by atoms with E-state index in [4.69, 9.17) is 0 Å². The first-order chi connectivity index (χ1) is 14.2. The number of H-pyrrole nitrogens is 1. The van der Waals surface area contributed by atoms with Crippen LogP contribution in [0.3, 0.4) is 0 Å². The lowest BCUT2D eigenvalue weighted by molar-refractivity contribution is 0.102. The van der Waals surface area contributed by atoms with Crippen LogP contribution in [0.5, 0.6) is 0 Å². The van der Waals surface area contributed by atoms with Gasteiger partial charge >= 0.3 is 5.69 Å². The van der Waals surface area contributed by atoms with Crippen LogP contribution in [0.15, 0.2) is 38.3 Å². The van der Waals surface area contributed by atoms with Crippen molar-refractivity contribution in [3.63, 3.8) is 0 Å². The zero-order chi connectivity index (χ0) is 21.6. The summed E-state index contributed by atoms with van der Waals surface area (Å²) >= 11 is 3.45. The van der Waals surface area contributed by atoms with Crippen molar-refractivity contribution < 1.29 is 4.79 Å². The first-order valence-electron chi connectivity index (χ1n) is 10.00. The fraction of sp³-hybridized carbons (Fsp3) is 0.364. The van der Waals surface area contributed by atoms with Gasteiger partial charge in [-0.25, -0.2) is 9.78 Å². The number of aromatic nitrogens is 3. The van der Waals surface area contributed by atoms with Crippen LogP contribution in [0.2, 0.25) is 0 Å². The molecule has 1 fully saturated rings. The molecule has 7 nitrogen and oxygen atoms in total. The Balaban J connectivity index is 1.89. The summed E-state index contributed by atoms with van der Waals surface area (Å²) in [4.78, 5) is 45.4. The van der Waals surface area contributed by atoms with E-state index >= 15 is 0 Å². The highest BCUT2D eigenvalue weighted by molar-refractivity contribution is 9.10. The van der Waals surface area contributed by atoms with E-state index in [1.807, 2.05) is 32.9 Å². The maximum absolute atomic E-state index is 13.2. The smallest absolute Gasteiger partial charge is 0.322 e. The van der Waals surface area contributed by atoms with E-state index in [1.165, 1.54) is 4.57 Å². The molecule has 2 heterocycles. The van der Waals surface area contributed by atoms with Gasteiger partial charge in [0.25, 0.3) is 11.5 Å². The normalized spacial score (nSPS) is 13.8. The Kier molecular flexibility index (Phi) is 5.36. The van der Waals surface area contributed by atoms with Crippen LogP contribution < -0.4 is 16.6 Å². The predicted octanol–water partition coefficient (Wildman–Crippen LogP) is 3.94. The molecule has 0 saturated heterocycles. The molecule has 1 aromatic carbocycles. The first-order valence-corrected chi connectivity index (χ1v) is 10.8. The summed E-state index contributed by atoms with van der Waals surface area (Å²) in [6.45, 7) is 6.30. The zero-order valence-electron chi connectivity index (χ0n) is 17.1. The summed E-state index contributed by atoms with van der Waals surface area (Å²) in [5.74, 6) is 0.0373. The molecule has 30 heavy (non-hydrogen) atoms. The minimum atomic E-state index is -0.595. The van der Waals surface area contributed by atoms with E-state index in [0.717, 1.165) is 28.6 Å². The molecule has 1 amide bonds. The van der Waals surface area contributed by atoms with Gasteiger partial charge in [-0.15, -0.1) is 0 Å². The molecule has 2 aromatic heterocycles. The maximum atomic E-state index is 13.2. The fourth-order valence-electron chi connectivity index (χ4n) is 3.52. The first kappa shape index (κ1) is 20.5. The van der Waals surface area contributed by atoms with Gasteiger partial charge in [0.1, 0.15) is 0 Å². The number of fused-ring (bicyclic) bond motifs is 1. The third-order valence-electron chi connectivity index (χ3n) is 5.17. The van der Waals surface area contributed by atoms with Gasteiger partial charge in [-0.05, 0) is 55.5 Å². The number of carbonyl (C=O) groups is 1. The summed E-state index contributed by atoms with van der Waals surface area (Å²) in [5, 5.41) is 3.02. The Morgan fingerprint density at radius 1 is 1.30 bits per heavy atom. The number of hydrogen-bond acceptors (Lipinski definition) is 4. The van der Waals surface area contributed by atoms with E-state index in [1.54, 1.807) is 12.1 Å². The van der Waals surface area contributed by atoms with Crippen molar-refractivity contribution in [1.82, 2.24) is 14.5 Å². The van der Waals surface area contributed by atoms with Crippen molar-refractivity contribution in [2.75, 3.05) is 5.32 Å². The number of aromatic amines is 1. The topological polar surface area (TPSA) is 96.8 Å². The van der Waals surface area contributed by atoms with E-state index in [2.05, 4.69) is 31.2 Å². The van der Waals surface area contributed by atoms with Gasteiger partial charge in [-0.1, -0.05) is 29.8 Å². The van der Waals surface area contributed by atoms with Crippen LogP contribution in [0.1, 0.15) is 54.2 Å². The summed E-state index contributed by atoms with van der Waals surface area (Å²) in [6, 6.07) is 7.20. The number of rotatable bonds is 5. The molecule has 0 spiro atoms. The SMILES string of the molecule is Cc1cc(NC(=O)c2cc(C3CC3)nc3c2c(=O)[nH]c(=O)n3CC(C)C)ccc1Br. The summed E-state index contributed by atoms with van der Waals surface area (Å²) in [6.07, 6.45) is 1.98. The minimum absolute atomic E-state index is 0.144. The zero-order valence-corrected chi connectivity index (χ0v) is 18.7. The average molecular weight is 471 g/mol. The Bertz CT molecular complexity index is 1270. The van der Waals surface area contributed by atoms with Crippen LogP contribution in [-0.2, 0) is 6.54 Å². The Morgan fingerprint density at radius 3 is 2.67 bits per heavy atom. The molecule has 0 unspecified atom stereocenters. The number of nitrogens with zero attached hydrogens (tertiary/aromatic N) is 2. The lowest BCUT2D eigenvalue weighted by Crippen LogP contribution is -2.33. The fourth-order valence-corrected chi connectivity index (χ4v) is 3.76. The number of aryl methyl sites for hydroxylation is 1. The van der Waals surface area contributed by atoms with Crippen molar-refractivity contribution in [2.24, 2.45) is 5.92 Å². The van der Waals surface area contributed by atoms with Crippen LogP contribution >= 0.6 is 15.9 Å². The molecular formula is C22H23BrN4O3. The Hall–Kier alpha value is -2.74. The number of benzene rings is 1. The van der Waals surface area contributed by atoms with Crippen molar-refractivity contribution >= 4 is 38.6 Å². The number of nitrogens with one attached hydrogen (secondary N) is 2. The molecule has 3 aromatic rings. The number of halogens is 1. The molecule has 0 atom stereocenters. The molecule has 1 aliphatic rings. The van der Waals surface area contributed by atoms with Crippen molar-refractivity contribution in [3.8, 4) is 0 Å². The number of anilines is 1. The lowest BCUT2D eigenvalue weighted by Gasteiger charge is -2.15. The standard InChI is InChI=1S/C22H23BrN4O3/c1-11(2)10-27-19-18(21(29)26-22(27)30)15(9-17(25-19)13-4-5-13)20(28)24-14-6-7-16(23)12(3)8-14/h6-9,11,13H,4-5,10H2,1-3H3,(H,24,28)(H,26,29,30). The van der Waals surface area contributed by atoms with Gasteiger partial charge in [0.2, 0.25) is 0 Å². The van der Waals surface area contributed by atoms with Crippen molar-refractivity contribution in [1.29, 1.82) is 0 Å². The largest absolute Gasteiger partial charge is 0.330 e. The third-order valence-corrected chi connectivity index (χ3v) is 6.06. The third kappa shape index (κ3) is 3.96. The van der Waals surface area contributed by atoms with E-state index in [-0.39, 0.29) is 28.4 Å². The highest BCUT2D eigenvalue weighted by atomic mass is 79.9. The molecule has 1 saturated carbocycles. The van der Waals surface area contributed by atoms with Gasteiger partial charge in [0, 0.05) is 28.3 Å². The van der Waals surface area contributed by atoms with Gasteiger partial charge in [0.15, 0.2) is 5.65 Å². The number of amides is 1. The molecule has 0 bridgehead atoms. The number of hydrogen-bond donors (Lipinski definition) is 2. The molecule has 4 rings (SSSR count). The van der Waals surface area contributed by atoms with Gasteiger partial charge in [0.05, 0.1) is 10.9 Å². The molecule has 156 valence electrons. The van der Waals surface area contributed by atoms with Crippen molar-refractivity contribution in [2.45, 2.75) is 46.1 Å². The monoisotopic (exact) mass is 470 g/mol. The molecule has 2 N–H and O–H groups in total. The average Bonchev–Trinajstić information content (AvgIpc) is 3.52. The van der Waals surface area contributed by atoms with Gasteiger partial charge < -0.3 is 5.32 Å². The van der Waals surface area contributed by atoms with E-state index in [9.17, 15) is 14.4 Å². The molecule has 0 radical (unpaired) electrons. The summed E-state index contributed by atoms with van der Waals surface area (Å²) in [5.41, 5.74) is 1.78. The second kappa shape index (κ2) is 7.83. The number of pyridine rings is 1. The minimum Gasteiger partial charge on any atom is -0.322 e. The van der Waals surface area contributed by atoms with Crippen molar-refractivity contribution in [3.05, 3.63) is 66.4 Å². The molecule has 8 heteroatoms. The Labute approximate surface area is 181 Å². The highest BCUT2D eigenvalue weighted by Crippen LogP contribution is 2.40. The summed E-state index contributed by atoms with van der Waals surface area (Å²) in [7, 11) is 0. The van der Waals surface area contributed by atoms with Crippen LogP contribution in [0.25, 0.3) is 11.0 Å². The highest BCUT2D eigenvalue weighted by Gasteiger charge is 2.29. The molecule has 0 aliphatic heterocycles. The molecule has 1 aliphatic carbocycles. The van der Waals surface area contributed by atoms with Gasteiger partial charge in [-0.2, -0.15) is 0 Å². The predicted molar refractivity (Wildman–Crippen MR) is 120 cm³/mol. The van der Waals surface area contributed by atoms with E-state index in [0.29, 0.717) is 12.2 Å². The summed E-state index contributed by atoms with van der Waals surface area (Å²) < 4.78 is 2.41. The van der Waals surface area contributed by atoms with Gasteiger partial charge in [-0.3, -0.25) is 19.1 Å². The van der Waals surface area contributed by atoms with Crippen LogP contribution in [0, 0.1) is 12.8 Å². The van der Waals surface area contributed by atoms with Crippen LogP contribution in [-0.4, -0.2) is 20.4 Å². The number of carbonyl (C=O) groups excluding carboxylic acids is 1. The Morgan fingerprint density at radius 2 is 2.03 bits per heavy atom.